The summed E-state index contributed by atoms with van der Waals surface area (Å²) in [4.78, 5) is 26.7. The van der Waals surface area contributed by atoms with Gasteiger partial charge in [0.2, 0.25) is 0 Å². The van der Waals surface area contributed by atoms with E-state index in [1.807, 2.05) is 56.3 Å². The fourth-order valence-corrected chi connectivity index (χ4v) is 4.54. The van der Waals surface area contributed by atoms with E-state index < -0.39 is 5.41 Å². The fourth-order valence-electron chi connectivity index (χ4n) is 4.54. The van der Waals surface area contributed by atoms with Crippen LogP contribution in [0.3, 0.4) is 0 Å². The maximum Gasteiger partial charge on any atom is 0.167 e. The minimum atomic E-state index is -0.643. The highest BCUT2D eigenvalue weighted by atomic mass is 16.1. The monoisotopic (exact) mass is 470 g/mol. The van der Waals surface area contributed by atoms with Crippen LogP contribution < -0.4 is 0 Å². The summed E-state index contributed by atoms with van der Waals surface area (Å²) in [7, 11) is 0. The molecule has 0 fully saturated rings. The lowest BCUT2D eigenvalue weighted by atomic mass is 9.85. The first-order chi connectivity index (χ1) is 17.4. The highest BCUT2D eigenvalue weighted by Gasteiger charge is 2.21. The Morgan fingerprint density at radius 2 is 1.83 bits per heavy atom. The van der Waals surface area contributed by atoms with Crippen molar-refractivity contribution in [2.75, 3.05) is 0 Å². The van der Waals surface area contributed by atoms with Crippen molar-refractivity contribution in [2.45, 2.75) is 38.5 Å². The summed E-state index contributed by atoms with van der Waals surface area (Å²) in [5.74, 6) is 0.0320. The lowest BCUT2D eigenvalue weighted by Gasteiger charge is -2.16. The van der Waals surface area contributed by atoms with Crippen LogP contribution in [-0.2, 0) is 24.7 Å². The van der Waals surface area contributed by atoms with Crippen LogP contribution in [0.2, 0.25) is 0 Å². The van der Waals surface area contributed by atoms with Crippen LogP contribution in [0.5, 0.6) is 0 Å². The first-order valence-corrected chi connectivity index (χ1v) is 12.0. The Morgan fingerprint density at radius 3 is 2.69 bits per heavy atom. The first-order valence-electron chi connectivity index (χ1n) is 12.0. The lowest BCUT2D eigenvalue weighted by Crippen LogP contribution is -2.15. The summed E-state index contributed by atoms with van der Waals surface area (Å²) in [5.41, 5.74) is 7.81. The number of pyridine rings is 1. The maximum absolute atomic E-state index is 13.1. The summed E-state index contributed by atoms with van der Waals surface area (Å²) in [6, 6.07) is 21.8. The molecular weight excluding hydrogens is 444 g/mol. The van der Waals surface area contributed by atoms with E-state index in [4.69, 9.17) is 0 Å². The molecule has 2 aromatic heterocycles. The number of carbonyl (C=O) groups is 1. The molecule has 0 bridgehead atoms. The van der Waals surface area contributed by atoms with Gasteiger partial charge in [-0.3, -0.25) is 9.78 Å². The van der Waals surface area contributed by atoms with E-state index in [1.54, 1.807) is 12.5 Å². The average molecular weight is 471 g/mol. The van der Waals surface area contributed by atoms with Crippen LogP contribution >= 0.6 is 0 Å². The van der Waals surface area contributed by atoms with Crippen molar-refractivity contribution in [1.82, 2.24) is 15.0 Å². The minimum absolute atomic E-state index is 0.0320. The standard InChI is InChI=1S/C31H26N4O/c1-31(2,19-32)24-10-4-9-23(18-24)29(36)17-22-8-3-7-21(15-22)16-28-26(12-6-14-33-28)30-25-11-5-13-27(25)34-20-35-30/h3-12,14-15,18,20H,13,16-17H2,1-2H3. The molecule has 0 atom stereocenters. The molecule has 176 valence electrons. The molecular formula is C31H26N4O. The highest BCUT2D eigenvalue weighted by Crippen LogP contribution is 2.30. The second-order valence-corrected chi connectivity index (χ2v) is 9.60. The molecule has 0 aliphatic heterocycles. The molecule has 0 N–H and O–H groups in total. The third-order valence-corrected chi connectivity index (χ3v) is 6.62. The minimum Gasteiger partial charge on any atom is -0.294 e. The number of aromatic nitrogens is 3. The Labute approximate surface area is 211 Å². The number of hydrogen-bond donors (Lipinski definition) is 0. The van der Waals surface area contributed by atoms with Crippen molar-refractivity contribution < 1.29 is 4.79 Å². The molecule has 5 rings (SSSR count). The summed E-state index contributed by atoms with van der Waals surface area (Å²) < 4.78 is 0. The predicted molar refractivity (Wildman–Crippen MR) is 140 cm³/mol. The van der Waals surface area contributed by atoms with E-state index in [0.717, 1.165) is 51.3 Å². The van der Waals surface area contributed by atoms with E-state index in [1.165, 1.54) is 0 Å². The SMILES string of the molecule is CC(C)(C#N)c1cccc(C(=O)Cc2cccc(Cc3ncccc3-c3ncnc4c3C=CC4)c2)c1. The normalized spacial score (nSPS) is 12.2. The number of nitrogens with zero attached hydrogens (tertiary/aromatic N) is 4. The zero-order valence-corrected chi connectivity index (χ0v) is 20.4. The van der Waals surface area contributed by atoms with E-state index in [9.17, 15) is 10.1 Å². The van der Waals surface area contributed by atoms with Gasteiger partial charge in [0.15, 0.2) is 5.78 Å². The average Bonchev–Trinajstić information content (AvgIpc) is 3.39. The van der Waals surface area contributed by atoms with E-state index in [2.05, 4.69) is 51.4 Å². The number of carbonyl (C=O) groups excluding carboxylic acids is 1. The molecule has 2 aromatic carbocycles. The Morgan fingerprint density at radius 1 is 1.00 bits per heavy atom. The molecule has 1 aliphatic carbocycles. The zero-order chi connectivity index (χ0) is 25.1. The predicted octanol–water partition coefficient (Wildman–Crippen LogP) is 5.93. The molecule has 2 heterocycles. The molecule has 36 heavy (non-hydrogen) atoms. The van der Waals surface area contributed by atoms with Gasteiger partial charge in [-0.25, -0.2) is 9.97 Å². The van der Waals surface area contributed by atoms with Gasteiger partial charge in [0.25, 0.3) is 0 Å². The number of ketones is 1. The van der Waals surface area contributed by atoms with E-state index >= 15 is 0 Å². The molecule has 0 saturated carbocycles. The molecule has 5 nitrogen and oxygen atoms in total. The number of allylic oxidation sites excluding steroid dienone is 1. The van der Waals surface area contributed by atoms with Gasteiger partial charge in [-0.15, -0.1) is 0 Å². The molecule has 0 radical (unpaired) electrons. The van der Waals surface area contributed by atoms with Gasteiger partial charge < -0.3 is 0 Å². The number of Topliss-reactive ketones (excluding diaryl/α,β-unsaturated/α-hetero) is 1. The second kappa shape index (κ2) is 9.67. The Bertz CT molecular complexity index is 1530. The van der Waals surface area contributed by atoms with Crippen LogP contribution in [0.4, 0.5) is 0 Å². The third kappa shape index (κ3) is 4.71. The topological polar surface area (TPSA) is 79.5 Å². The van der Waals surface area contributed by atoms with Gasteiger partial charge >= 0.3 is 0 Å². The Balaban J connectivity index is 1.38. The number of benzene rings is 2. The molecule has 0 saturated heterocycles. The van der Waals surface area contributed by atoms with Gasteiger partial charge in [-0.05, 0) is 48.7 Å². The quantitative estimate of drug-likeness (QED) is 0.313. The summed E-state index contributed by atoms with van der Waals surface area (Å²) in [6.07, 6.45) is 9.37. The van der Waals surface area contributed by atoms with Gasteiger partial charge in [-0.1, -0.05) is 54.6 Å². The highest BCUT2D eigenvalue weighted by molar-refractivity contribution is 5.97. The van der Waals surface area contributed by atoms with Gasteiger partial charge in [0.1, 0.15) is 6.33 Å². The molecule has 0 amide bonds. The van der Waals surface area contributed by atoms with Crippen LogP contribution in [0.1, 0.15) is 57.8 Å². The zero-order valence-electron chi connectivity index (χ0n) is 20.4. The largest absolute Gasteiger partial charge is 0.294 e. The Kier molecular flexibility index (Phi) is 6.26. The summed E-state index contributed by atoms with van der Waals surface area (Å²) in [5, 5.41) is 9.45. The van der Waals surface area contributed by atoms with Crippen LogP contribution in [-0.4, -0.2) is 20.7 Å². The summed E-state index contributed by atoms with van der Waals surface area (Å²) in [6.45, 7) is 3.72. The van der Waals surface area contributed by atoms with Crippen molar-refractivity contribution in [3.63, 3.8) is 0 Å². The van der Waals surface area contributed by atoms with Gasteiger partial charge in [-0.2, -0.15) is 5.26 Å². The first kappa shape index (κ1) is 23.3. The number of fused-ring (bicyclic) bond motifs is 1. The van der Waals surface area contributed by atoms with Crippen LogP contribution in [0.15, 0.2) is 79.3 Å². The van der Waals surface area contributed by atoms with E-state index in [0.29, 0.717) is 18.4 Å². The van der Waals surface area contributed by atoms with Crippen molar-refractivity contribution in [3.8, 4) is 17.3 Å². The fraction of sp³-hybridized carbons (Fsp3) is 0.194. The third-order valence-electron chi connectivity index (χ3n) is 6.62. The molecule has 0 spiro atoms. The molecule has 0 unspecified atom stereocenters. The lowest BCUT2D eigenvalue weighted by molar-refractivity contribution is 0.0993. The van der Waals surface area contributed by atoms with Gasteiger partial charge in [0, 0.05) is 42.1 Å². The van der Waals surface area contributed by atoms with Crippen LogP contribution in [0, 0.1) is 11.3 Å². The molecule has 5 heteroatoms. The van der Waals surface area contributed by atoms with Crippen molar-refractivity contribution in [1.29, 1.82) is 5.26 Å². The molecule has 4 aromatic rings. The maximum atomic E-state index is 13.1. The summed E-state index contributed by atoms with van der Waals surface area (Å²) >= 11 is 0. The van der Waals surface area contributed by atoms with Crippen molar-refractivity contribution in [3.05, 3.63) is 118 Å². The van der Waals surface area contributed by atoms with Crippen molar-refractivity contribution >= 4 is 11.9 Å². The number of hydrogen-bond acceptors (Lipinski definition) is 5. The van der Waals surface area contributed by atoms with Crippen molar-refractivity contribution in [2.24, 2.45) is 0 Å². The Hall–Kier alpha value is -4.43. The van der Waals surface area contributed by atoms with E-state index in [-0.39, 0.29) is 5.78 Å². The second-order valence-electron chi connectivity index (χ2n) is 9.60. The number of rotatable bonds is 7. The van der Waals surface area contributed by atoms with Gasteiger partial charge in [0.05, 0.1) is 28.6 Å². The van der Waals surface area contributed by atoms with Crippen LogP contribution in [0.25, 0.3) is 17.3 Å². The molecule has 1 aliphatic rings. The smallest absolute Gasteiger partial charge is 0.167 e. The number of nitriles is 1.